The van der Waals surface area contributed by atoms with Crippen LogP contribution in [0.15, 0.2) is 91.3 Å². The largest absolute Gasteiger partial charge is 0.342 e. The predicted octanol–water partition coefficient (Wildman–Crippen LogP) is 5.12. The Bertz CT molecular complexity index is 1370. The number of carbonyl (C=O) groups is 1. The second-order valence-electron chi connectivity index (χ2n) is 7.66. The summed E-state index contributed by atoms with van der Waals surface area (Å²) in [6.45, 7) is 2.65. The van der Waals surface area contributed by atoms with E-state index in [4.69, 9.17) is 4.98 Å². The summed E-state index contributed by atoms with van der Waals surface area (Å²) in [6, 6.07) is 26.1. The minimum atomic E-state index is -0.256. The van der Waals surface area contributed by atoms with Gasteiger partial charge in [-0.2, -0.15) is 0 Å². The van der Waals surface area contributed by atoms with E-state index in [0.717, 1.165) is 16.9 Å². The first kappa shape index (κ1) is 19.0. The molecule has 1 N–H and O–H groups in total. The Morgan fingerprint density at radius 2 is 1.68 bits per heavy atom. The van der Waals surface area contributed by atoms with E-state index in [1.807, 2.05) is 25.1 Å². The molecule has 31 heavy (non-hydrogen) atoms. The van der Waals surface area contributed by atoms with Crippen molar-refractivity contribution in [1.82, 2.24) is 19.9 Å². The number of para-hydroxylation sites is 2. The van der Waals surface area contributed by atoms with Crippen LogP contribution in [-0.4, -0.2) is 20.4 Å². The molecule has 0 radical (unpaired) electrons. The van der Waals surface area contributed by atoms with Crippen LogP contribution in [0.25, 0.3) is 21.8 Å². The number of rotatable bonds is 5. The quantitative estimate of drug-likeness (QED) is 0.440. The number of pyridine rings is 1. The van der Waals surface area contributed by atoms with Crippen LogP contribution in [0.1, 0.15) is 34.7 Å². The molecule has 5 heteroatoms. The Morgan fingerprint density at radius 1 is 0.935 bits per heavy atom. The van der Waals surface area contributed by atoms with Gasteiger partial charge < -0.3 is 9.88 Å². The summed E-state index contributed by atoms with van der Waals surface area (Å²) < 4.78 is 2.19. The van der Waals surface area contributed by atoms with Gasteiger partial charge in [0.1, 0.15) is 5.82 Å². The molecule has 5 nitrogen and oxygen atoms in total. The highest BCUT2D eigenvalue weighted by molar-refractivity contribution is 5.94. The molecule has 0 fully saturated rings. The third kappa shape index (κ3) is 3.78. The van der Waals surface area contributed by atoms with E-state index in [1.54, 1.807) is 24.5 Å². The maximum absolute atomic E-state index is 12.7. The summed E-state index contributed by atoms with van der Waals surface area (Å²) >= 11 is 0. The first-order valence-corrected chi connectivity index (χ1v) is 10.3. The summed E-state index contributed by atoms with van der Waals surface area (Å²) in [5.41, 5.74) is 3.74. The van der Waals surface area contributed by atoms with Gasteiger partial charge in [0.2, 0.25) is 0 Å². The zero-order chi connectivity index (χ0) is 21.2. The first-order valence-electron chi connectivity index (χ1n) is 10.3. The number of amides is 1. The molecule has 0 bridgehead atoms. The zero-order valence-corrected chi connectivity index (χ0v) is 17.2. The highest BCUT2D eigenvalue weighted by atomic mass is 16.1. The molecule has 2 aromatic heterocycles. The van der Waals surface area contributed by atoms with Crippen molar-refractivity contribution in [2.75, 3.05) is 0 Å². The van der Waals surface area contributed by atoms with E-state index in [1.165, 1.54) is 16.3 Å². The number of benzene rings is 3. The Labute approximate surface area is 180 Å². The molecular weight excluding hydrogens is 384 g/mol. The summed E-state index contributed by atoms with van der Waals surface area (Å²) in [6.07, 6.45) is 3.24. The van der Waals surface area contributed by atoms with Crippen molar-refractivity contribution in [2.45, 2.75) is 19.5 Å². The maximum atomic E-state index is 12.7. The molecule has 0 aliphatic rings. The highest BCUT2D eigenvalue weighted by Gasteiger charge is 2.19. The fraction of sp³-hybridized carbons (Fsp3) is 0.115. The van der Waals surface area contributed by atoms with Gasteiger partial charge in [-0.25, -0.2) is 4.98 Å². The Kier molecular flexibility index (Phi) is 4.92. The lowest BCUT2D eigenvalue weighted by Gasteiger charge is -2.17. The van der Waals surface area contributed by atoms with Crippen LogP contribution in [0.4, 0.5) is 0 Å². The van der Waals surface area contributed by atoms with E-state index in [2.05, 4.69) is 63.4 Å². The van der Waals surface area contributed by atoms with Crippen molar-refractivity contribution in [3.63, 3.8) is 0 Å². The lowest BCUT2D eigenvalue weighted by Crippen LogP contribution is -2.28. The predicted molar refractivity (Wildman–Crippen MR) is 123 cm³/mol. The van der Waals surface area contributed by atoms with Crippen LogP contribution >= 0.6 is 0 Å². The van der Waals surface area contributed by atoms with Crippen molar-refractivity contribution in [3.05, 3.63) is 108 Å². The van der Waals surface area contributed by atoms with Crippen LogP contribution in [0.5, 0.6) is 0 Å². The average Bonchev–Trinajstić information content (AvgIpc) is 3.18. The molecule has 0 saturated heterocycles. The molecule has 0 saturated carbocycles. The standard InChI is InChI=1S/C26H22N4O/c1-18(28-26(31)21-12-14-27-15-13-21)25-29-23-8-4-5-9-24(23)30(25)17-19-10-11-20-6-2-3-7-22(20)16-19/h2-16,18H,17H2,1H3,(H,28,31). The van der Waals surface area contributed by atoms with Gasteiger partial charge in [0.25, 0.3) is 5.91 Å². The summed E-state index contributed by atoms with van der Waals surface area (Å²) in [5.74, 6) is 0.691. The van der Waals surface area contributed by atoms with Crippen LogP contribution < -0.4 is 5.32 Å². The molecule has 1 amide bonds. The molecule has 0 aliphatic heterocycles. The number of imidazole rings is 1. The Hall–Kier alpha value is -3.99. The number of nitrogens with one attached hydrogen (secondary N) is 1. The van der Waals surface area contributed by atoms with Crippen molar-refractivity contribution in [1.29, 1.82) is 0 Å². The highest BCUT2D eigenvalue weighted by Crippen LogP contribution is 2.24. The molecule has 5 aromatic rings. The molecule has 0 aliphatic carbocycles. The summed E-state index contributed by atoms with van der Waals surface area (Å²) in [4.78, 5) is 21.5. The number of aromatic nitrogens is 3. The fourth-order valence-electron chi connectivity index (χ4n) is 3.96. The minimum Gasteiger partial charge on any atom is -0.342 e. The Balaban J connectivity index is 1.51. The van der Waals surface area contributed by atoms with Gasteiger partial charge in [-0.05, 0) is 53.6 Å². The zero-order valence-electron chi connectivity index (χ0n) is 17.2. The maximum Gasteiger partial charge on any atom is 0.251 e. The molecule has 2 heterocycles. The molecule has 1 unspecified atom stereocenters. The van der Waals surface area contributed by atoms with Crippen molar-refractivity contribution < 1.29 is 4.79 Å². The third-order valence-corrected chi connectivity index (χ3v) is 5.52. The molecular formula is C26H22N4O. The fourth-order valence-corrected chi connectivity index (χ4v) is 3.96. The number of fused-ring (bicyclic) bond motifs is 2. The molecule has 5 rings (SSSR count). The van der Waals surface area contributed by atoms with Crippen LogP contribution in [0, 0.1) is 0 Å². The average molecular weight is 406 g/mol. The van der Waals surface area contributed by atoms with Gasteiger partial charge >= 0.3 is 0 Å². The lowest BCUT2D eigenvalue weighted by molar-refractivity contribution is 0.0937. The molecule has 3 aromatic carbocycles. The van der Waals surface area contributed by atoms with Crippen LogP contribution in [-0.2, 0) is 6.54 Å². The SMILES string of the molecule is CC(NC(=O)c1ccncc1)c1nc2ccccc2n1Cc1ccc2ccccc2c1. The van der Waals surface area contributed by atoms with Crippen molar-refractivity contribution in [2.24, 2.45) is 0 Å². The van der Waals surface area contributed by atoms with E-state index >= 15 is 0 Å². The first-order chi connectivity index (χ1) is 15.2. The second-order valence-corrected chi connectivity index (χ2v) is 7.66. The molecule has 152 valence electrons. The van der Waals surface area contributed by atoms with E-state index < -0.39 is 0 Å². The van der Waals surface area contributed by atoms with Gasteiger partial charge in [-0.3, -0.25) is 9.78 Å². The normalized spacial score (nSPS) is 12.2. The molecule has 0 spiro atoms. The Morgan fingerprint density at radius 3 is 2.52 bits per heavy atom. The minimum absolute atomic E-state index is 0.140. The monoisotopic (exact) mass is 406 g/mol. The van der Waals surface area contributed by atoms with Crippen LogP contribution in [0.2, 0.25) is 0 Å². The number of hydrogen-bond acceptors (Lipinski definition) is 3. The van der Waals surface area contributed by atoms with Crippen molar-refractivity contribution in [3.8, 4) is 0 Å². The van der Waals surface area contributed by atoms with Crippen molar-refractivity contribution >= 4 is 27.7 Å². The van der Waals surface area contributed by atoms with Gasteiger partial charge in [0.15, 0.2) is 0 Å². The van der Waals surface area contributed by atoms with E-state index in [0.29, 0.717) is 12.1 Å². The van der Waals surface area contributed by atoms with Gasteiger partial charge in [0, 0.05) is 24.5 Å². The van der Waals surface area contributed by atoms with Gasteiger partial charge in [-0.1, -0.05) is 48.5 Å². The van der Waals surface area contributed by atoms with E-state index in [-0.39, 0.29) is 11.9 Å². The topological polar surface area (TPSA) is 59.8 Å². The smallest absolute Gasteiger partial charge is 0.251 e. The third-order valence-electron chi connectivity index (χ3n) is 5.52. The number of carbonyl (C=O) groups excluding carboxylic acids is 1. The summed E-state index contributed by atoms with van der Waals surface area (Å²) in [5, 5.41) is 5.51. The van der Waals surface area contributed by atoms with Gasteiger partial charge in [-0.15, -0.1) is 0 Å². The summed E-state index contributed by atoms with van der Waals surface area (Å²) in [7, 11) is 0. The van der Waals surface area contributed by atoms with Crippen LogP contribution in [0.3, 0.4) is 0 Å². The lowest BCUT2D eigenvalue weighted by atomic mass is 10.1. The number of nitrogens with zero attached hydrogens (tertiary/aromatic N) is 3. The van der Waals surface area contributed by atoms with E-state index in [9.17, 15) is 4.79 Å². The number of hydrogen-bond donors (Lipinski definition) is 1. The second kappa shape index (κ2) is 8.03. The molecule has 1 atom stereocenters. The van der Waals surface area contributed by atoms with Gasteiger partial charge in [0.05, 0.1) is 17.1 Å².